The van der Waals surface area contributed by atoms with Crippen molar-refractivity contribution in [3.05, 3.63) is 75.8 Å². The maximum Gasteiger partial charge on any atom is 0.244 e. The molecule has 2 aromatic carbocycles. The van der Waals surface area contributed by atoms with Gasteiger partial charge in [0.25, 0.3) is 0 Å². The van der Waals surface area contributed by atoms with Crippen molar-refractivity contribution in [2.45, 2.75) is 12.8 Å². The SMILES string of the molecule is O=C(/C=C/c1cccc(Cl)c1Cl)NCCCc1ccccc1. The van der Waals surface area contributed by atoms with Gasteiger partial charge in [0.15, 0.2) is 0 Å². The average Bonchev–Trinajstić information content (AvgIpc) is 2.54. The Balaban J connectivity index is 1.76. The van der Waals surface area contributed by atoms with Crippen LogP contribution in [-0.2, 0) is 11.2 Å². The van der Waals surface area contributed by atoms with Crippen LogP contribution in [-0.4, -0.2) is 12.5 Å². The van der Waals surface area contributed by atoms with Crippen LogP contribution in [0.5, 0.6) is 0 Å². The molecular weight excluding hydrogens is 317 g/mol. The highest BCUT2D eigenvalue weighted by Gasteiger charge is 2.02. The van der Waals surface area contributed by atoms with Gasteiger partial charge in [-0.05, 0) is 36.1 Å². The Morgan fingerprint density at radius 2 is 1.82 bits per heavy atom. The van der Waals surface area contributed by atoms with Gasteiger partial charge in [0.05, 0.1) is 10.0 Å². The normalized spacial score (nSPS) is 10.8. The molecule has 0 spiro atoms. The molecule has 2 nitrogen and oxygen atoms in total. The van der Waals surface area contributed by atoms with Crippen LogP contribution in [0.4, 0.5) is 0 Å². The number of halogens is 2. The molecule has 4 heteroatoms. The minimum absolute atomic E-state index is 0.135. The summed E-state index contributed by atoms with van der Waals surface area (Å²) < 4.78 is 0. The first-order valence-electron chi connectivity index (χ1n) is 7.10. The quantitative estimate of drug-likeness (QED) is 0.599. The topological polar surface area (TPSA) is 29.1 Å². The number of hydrogen-bond donors (Lipinski definition) is 1. The summed E-state index contributed by atoms with van der Waals surface area (Å²) in [5.41, 5.74) is 2.01. The Morgan fingerprint density at radius 1 is 1.05 bits per heavy atom. The smallest absolute Gasteiger partial charge is 0.244 e. The van der Waals surface area contributed by atoms with Gasteiger partial charge in [-0.2, -0.15) is 0 Å². The highest BCUT2D eigenvalue weighted by molar-refractivity contribution is 6.42. The first kappa shape index (κ1) is 16.6. The maximum absolute atomic E-state index is 11.7. The minimum atomic E-state index is -0.135. The van der Waals surface area contributed by atoms with E-state index in [1.807, 2.05) is 24.3 Å². The lowest BCUT2D eigenvalue weighted by molar-refractivity contribution is -0.116. The van der Waals surface area contributed by atoms with E-state index in [1.54, 1.807) is 18.2 Å². The molecule has 0 atom stereocenters. The van der Waals surface area contributed by atoms with Crippen LogP contribution in [0.15, 0.2) is 54.6 Å². The second-order valence-corrected chi connectivity index (χ2v) is 5.64. The molecule has 22 heavy (non-hydrogen) atoms. The van der Waals surface area contributed by atoms with E-state index in [2.05, 4.69) is 17.4 Å². The molecule has 0 aromatic heterocycles. The van der Waals surface area contributed by atoms with Crippen LogP contribution >= 0.6 is 23.2 Å². The van der Waals surface area contributed by atoms with E-state index in [1.165, 1.54) is 11.6 Å². The first-order chi connectivity index (χ1) is 10.7. The fourth-order valence-corrected chi connectivity index (χ4v) is 2.39. The van der Waals surface area contributed by atoms with E-state index in [0.717, 1.165) is 18.4 Å². The molecule has 0 aliphatic rings. The third kappa shape index (κ3) is 5.21. The number of nitrogens with one attached hydrogen (secondary N) is 1. The van der Waals surface area contributed by atoms with Gasteiger partial charge in [-0.3, -0.25) is 4.79 Å². The van der Waals surface area contributed by atoms with E-state index >= 15 is 0 Å². The number of benzene rings is 2. The van der Waals surface area contributed by atoms with E-state index < -0.39 is 0 Å². The molecule has 0 aliphatic heterocycles. The summed E-state index contributed by atoms with van der Waals surface area (Å²) in [6.07, 6.45) is 4.99. The Bertz CT molecular complexity index is 653. The van der Waals surface area contributed by atoms with Crippen molar-refractivity contribution in [1.82, 2.24) is 5.32 Å². The largest absolute Gasteiger partial charge is 0.353 e. The number of aryl methyl sites for hydroxylation is 1. The number of amides is 1. The molecular formula is C18H17Cl2NO. The minimum Gasteiger partial charge on any atom is -0.353 e. The molecule has 0 fully saturated rings. The summed E-state index contributed by atoms with van der Waals surface area (Å²) in [7, 11) is 0. The number of hydrogen-bond acceptors (Lipinski definition) is 1. The van der Waals surface area contributed by atoms with Gasteiger partial charge in [-0.25, -0.2) is 0 Å². The van der Waals surface area contributed by atoms with Crippen LogP contribution in [0.1, 0.15) is 17.5 Å². The molecule has 0 saturated heterocycles. The zero-order chi connectivity index (χ0) is 15.8. The molecule has 114 valence electrons. The van der Waals surface area contributed by atoms with E-state index in [0.29, 0.717) is 16.6 Å². The van der Waals surface area contributed by atoms with E-state index in [-0.39, 0.29) is 5.91 Å². The summed E-state index contributed by atoms with van der Waals surface area (Å²) in [6.45, 7) is 0.640. The van der Waals surface area contributed by atoms with Gasteiger partial charge in [0.2, 0.25) is 5.91 Å². The molecule has 0 aliphatic carbocycles. The average molecular weight is 334 g/mol. The van der Waals surface area contributed by atoms with Crippen molar-refractivity contribution >= 4 is 35.2 Å². The summed E-state index contributed by atoms with van der Waals surface area (Å²) in [4.78, 5) is 11.7. The summed E-state index contributed by atoms with van der Waals surface area (Å²) in [6, 6.07) is 15.5. The zero-order valence-corrected chi connectivity index (χ0v) is 13.6. The summed E-state index contributed by atoms with van der Waals surface area (Å²) >= 11 is 12.0. The predicted octanol–water partition coefficient (Wildman–Crippen LogP) is 4.76. The lowest BCUT2D eigenvalue weighted by atomic mass is 10.1. The fourth-order valence-electron chi connectivity index (χ4n) is 2.02. The van der Waals surface area contributed by atoms with Gasteiger partial charge >= 0.3 is 0 Å². The summed E-state index contributed by atoms with van der Waals surface area (Å²) in [5, 5.41) is 3.79. The van der Waals surface area contributed by atoms with Gasteiger partial charge < -0.3 is 5.32 Å². The monoisotopic (exact) mass is 333 g/mol. The van der Waals surface area contributed by atoms with Crippen LogP contribution in [0.2, 0.25) is 10.0 Å². The van der Waals surface area contributed by atoms with Crippen molar-refractivity contribution in [2.75, 3.05) is 6.54 Å². The van der Waals surface area contributed by atoms with Gasteiger partial charge in [-0.15, -0.1) is 0 Å². The molecule has 0 unspecified atom stereocenters. The van der Waals surface area contributed by atoms with Gasteiger partial charge in [0.1, 0.15) is 0 Å². The number of carbonyl (C=O) groups is 1. The molecule has 0 saturated carbocycles. The van der Waals surface area contributed by atoms with E-state index in [4.69, 9.17) is 23.2 Å². The molecule has 0 bridgehead atoms. The second kappa shape index (κ2) is 8.62. The first-order valence-corrected chi connectivity index (χ1v) is 7.86. The Kier molecular flexibility index (Phi) is 6.50. The third-order valence-corrected chi connectivity index (χ3v) is 4.01. The Hall–Kier alpha value is -1.77. The summed E-state index contributed by atoms with van der Waals surface area (Å²) in [5.74, 6) is -0.135. The molecule has 2 rings (SSSR count). The predicted molar refractivity (Wildman–Crippen MR) is 93.3 cm³/mol. The fraction of sp³-hybridized carbons (Fsp3) is 0.167. The van der Waals surface area contributed by atoms with Crippen molar-refractivity contribution in [3.8, 4) is 0 Å². The van der Waals surface area contributed by atoms with Gasteiger partial charge in [0, 0.05) is 12.6 Å². The van der Waals surface area contributed by atoms with Crippen LogP contribution in [0, 0.1) is 0 Å². The van der Waals surface area contributed by atoms with Crippen molar-refractivity contribution in [2.24, 2.45) is 0 Å². The Morgan fingerprint density at radius 3 is 2.59 bits per heavy atom. The molecule has 1 N–H and O–H groups in total. The zero-order valence-electron chi connectivity index (χ0n) is 12.1. The Labute approximate surface area is 140 Å². The highest BCUT2D eigenvalue weighted by Crippen LogP contribution is 2.26. The van der Waals surface area contributed by atoms with Crippen LogP contribution in [0.3, 0.4) is 0 Å². The number of rotatable bonds is 6. The molecule has 1 amide bonds. The van der Waals surface area contributed by atoms with Crippen LogP contribution < -0.4 is 5.32 Å². The second-order valence-electron chi connectivity index (χ2n) is 4.86. The van der Waals surface area contributed by atoms with Gasteiger partial charge in [-0.1, -0.05) is 65.7 Å². The third-order valence-electron chi connectivity index (χ3n) is 3.18. The van der Waals surface area contributed by atoms with E-state index in [9.17, 15) is 4.79 Å². The molecule has 0 radical (unpaired) electrons. The lowest BCUT2D eigenvalue weighted by Gasteiger charge is -2.03. The number of carbonyl (C=O) groups excluding carboxylic acids is 1. The van der Waals surface area contributed by atoms with Crippen LogP contribution in [0.25, 0.3) is 6.08 Å². The molecule has 2 aromatic rings. The maximum atomic E-state index is 11.7. The molecule has 0 heterocycles. The van der Waals surface area contributed by atoms with Crippen molar-refractivity contribution in [3.63, 3.8) is 0 Å². The standard InChI is InChI=1S/C18H17Cl2NO/c19-16-10-4-9-15(18(16)20)11-12-17(22)21-13-5-8-14-6-2-1-3-7-14/h1-4,6-7,9-12H,5,8,13H2,(H,21,22)/b12-11+. The van der Waals surface area contributed by atoms with Crippen molar-refractivity contribution < 1.29 is 4.79 Å². The highest BCUT2D eigenvalue weighted by atomic mass is 35.5. The lowest BCUT2D eigenvalue weighted by Crippen LogP contribution is -2.22. The van der Waals surface area contributed by atoms with Crippen molar-refractivity contribution in [1.29, 1.82) is 0 Å².